The molecule has 0 spiro atoms. The largest absolute Gasteiger partial charge is 0.491 e. The SMILES string of the molecule is Cc1c(Cn2ccnc2N)cccc1OCCNC(=O)O. The minimum absolute atomic E-state index is 0.244. The molecule has 0 radical (unpaired) electrons. The molecule has 0 saturated carbocycles. The van der Waals surface area contributed by atoms with E-state index in [4.69, 9.17) is 15.6 Å². The van der Waals surface area contributed by atoms with Crippen molar-refractivity contribution in [1.82, 2.24) is 14.9 Å². The standard InChI is InChI=1S/C14H18N4O3/c1-10-11(9-18-7-5-16-13(18)15)3-2-4-12(10)21-8-6-17-14(19)20/h2-5,7,17H,6,8-9H2,1H3,(H2,15,16)(H,19,20). The summed E-state index contributed by atoms with van der Waals surface area (Å²) in [5, 5.41) is 10.7. The van der Waals surface area contributed by atoms with Gasteiger partial charge in [-0.05, 0) is 24.1 Å². The number of hydrogen-bond acceptors (Lipinski definition) is 4. The Labute approximate surface area is 122 Å². The second-order valence-electron chi connectivity index (χ2n) is 4.53. The number of carbonyl (C=O) groups is 1. The van der Waals surface area contributed by atoms with Gasteiger partial charge >= 0.3 is 6.09 Å². The third-order valence-corrected chi connectivity index (χ3v) is 3.12. The summed E-state index contributed by atoms with van der Waals surface area (Å²) in [6.45, 7) is 3.10. The number of aromatic nitrogens is 2. The van der Waals surface area contributed by atoms with E-state index in [0.717, 1.165) is 16.9 Å². The van der Waals surface area contributed by atoms with Gasteiger partial charge in [0, 0.05) is 12.4 Å². The summed E-state index contributed by atoms with van der Waals surface area (Å²) in [6, 6.07) is 5.75. The van der Waals surface area contributed by atoms with Gasteiger partial charge in [-0.3, -0.25) is 0 Å². The molecule has 1 aromatic carbocycles. The maximum Gasteiger partial charge on any atom is 0.404 e. The van der Waals surface area contributed by atoms with E-state index >= 15 is 0 Å². The summed E-state index contributed by atoms with van der Waals surface area (Å²) >= 11 is 0. The number of ether oxygens (including phenoxy) is 1. The predicted molar refractivity (Wildman–Crippen MR) is 78.4 cm³/mol. The van der Waals surface area contributed by atoms with Crippen LogP contribution in [0.2, 0.25) is 0 Å². The predicted octanol–water partition coefficient (Wildman–Crippen LogP) is 1.47. The molecule has 4 N–H and O–H groups in total. The quantitative estimate of drug-likeness (QED) is 0.699. The monoisotopic (exact) mass is 290 g/mol. The Bertz CT molecular complexity index is 624. The van der Waals surface area contributed by atoms with Gasteiger partial charge in [-0.15, -0.1) is 0 Å². The highest BCUT2D eigenvalue weighted by Crippen LogP contribution is 2.22. The molecular formula is C14H18N4O3. The smallest absolute Gasteiger partial charge is 0.404 e. The lowest BCUT2D eigenvalue weighted by Gasteiger charge is -2.13. The fraction of sp³-hybridized carbons (Fsp3) is 0.286. The van der Waals surface area contributed by atoms with Crippen LogP contribution in [0.4, 0.5) is 10.7 Å². The van der Waals surface area contributed by atoms with Gasteiger partial charge in [0.1, 0.15) is 12.4 Å². The normalized spacial score (nSPS) is 10.3. The molecule has 1 amide bonds. The van der Waals surface area contributed by atoms with Gasteiger partial charge in [0.25, 0.3) is 0 Å². The maximum atomic E-state index is 10.4. The van der Waals surface area contributed by atoms with E-state index in [1.807, 2.05) is 35.9 Å². The molecule has 0 bridgehead atoms. The van der Waals surface area contributed by atoms with Crippen molar-refractivity contribution >= 4 is 12.0 Å². The number of benzene rings is 1. The first-order valence-electron chi connectivity index (χ1n) is 6.52. The lowest BCUT2D eigenvalue weighted by molar-refractivity contribution is 0.191. The third-order valence-electron chi connectivity index (χ3n) is 3.12. The zero-order valence-corrected chi connectivity index (χ0v) is 11.7. The van der Waals surface area contributed by atoms with Crippen molar-refractivity contribution in [3.05, 3.63) is 41.7 Å². The first-order chi connectivity index (χ1) is 10.1. The van der Waals surface area contributed by atoms with Crippen LogP contribution in [-0.2, 0) is 6.54 Å². The Hall–Kier alpha value is -2.70. The molecule has 21 heavy (non-hydrogen) atoms. The number of nitrogens with zero attached hydrogens (tertiary/aromatic N) is 2. The van der Waals surface area contributed by atoms with Gasteiger partial charge in [0.15, 0.2) is 5.95 Å². The Morgan fingerprint density at radius 3 is 3.00 bits per heavy atom. The lowest BCUT2D eigenvalue weighted by atomic mass is 10.1. The number of carboxylic acid groups (broad SMARTS) is 1. The van der Waals surface area contributed by atoms with Crippen molar-refractivity contribution in [1.29, 1.82) is 0 Å². The fourth-order valence-electron chi connectivity index (χ4n) is 1.96. The van der Waals surface area contributed by atoms with Crippen LogP contribution in [0.25, 0.3) is 0 Å². The molecule has 0 aliphatic carbocycles. The molecule has 0 saturated heterocycles. The molecule has 0 aliphatic rings. The summed E-state index contributed by atoms with van der Waals surface area (Å²) < 4.78 is 7.44. The second kappa shape index (κ2) is 6.65. The van der Waals surface area contributed by atoms with E-state index in [1.54, 1.807) is 6.20 Å². The zero-order chi connectivity index (χ0) is 15.2. The average Bonchev–Trinajstić information content (AvgIpc) is 2.84. The maximum absolute atomic E-state index is 10.4. The van der Waals surface area contributed by atoms with E-state index < -0.39 is 6.09 Å². The number of amides is 1. The van der Waals surface area contributed by atoms with Crippen LogP contribution in [0, 0.1) is 6.92 Å². The van der Waals surface area contributed by atoms with Crippen molar-refractivity contribution in [3.63, 3.8) is 0 Å². The number of nitrogens with two attached hydrogens (primary N) is 1. The van der Waals surface area contributed by atoms with Crippen molar-refractivity contribution in [2.24, 2.45) is 0 Å². The highest BCUT2D eigenvalue weighted by atomic mass is 16.5. The molecule has 1 aromatic heterocycles. The first-order valence-corrected chi connectivity index (χ1v) is 6.52. The van der Waals surface area contributed by atoms with Crippen molar-refractivity contribution in [3.8, 4) is 5.75 Å². The van der Waals surface area contributed by atoms with Gasteiger partial charge in [-0.2, -0.15) is 0 Å². The number of imidazole rings is 1. The van der Waals surface area contributed by atoms with E-state index in [-0.39, 0.29) is 13.2 Å². The summed E-state index contributed by atoms with van der Waals surface area (Å²) in [5.41, 5.74) is 7.83. The fourth-order valence-corrected chi connectivity index (χ4v) is 1.96. The van der Waals surface area contributed by atoms with Crippen LogP contribution < -0.4 is 15.8 Å². The number of anilines is 1. The molecule has 7 nitrogen and oxygen atoms in total. The molecule has 0 fully saturated rings. The van der Waals surface area contributed by atoms with Gasteiger partial charge in [-0.25, -0.2) is 9.78 Å². The molecule has 112 valence electrons. The Morgan fingerprint density at radius 2 is 2.33 bits per heavy atom. The van der Waals surface area contributed by atoms with Crippen molar-refractivity contribution < 1.29 is 14.6 Å². The minimum Gasteiger partial charge on any atom is -0.491 e. The average molecular weight is 290 g/mol. The van der Waals surface area contributed by atoms with Gasteiger partial charge < -0.3 is 25.5 Å². The van der Waals surface area contributed by atoms with E-state index in [0.29, 0.717) is 12.5 Å². The molecule has 0 atom stereocenters. The van der Waals surface area contributed by atoms with Crippen LogP contribution in [0.3, 0.4) is 0 Å². The Morgan fingerprint density at radius 1 is 1.52 bits per heavy atom. The third kappa shape index (κ3) is 3.88. The van der Waals surface area contributed by atoms with Crippen LogP contribution in [0.5, 0.6) is 5.75 Å². The number of rotatable bonds is 6. The van der Waals surface area contributed by atoms with Gasteiger partial charge in [0.2, 0.25) is 0 Å². The van der Waals surface area contributed by atoms with Crippen LogP contribution >= 0.6 is 0 Å². The lowest BCUT2D eigenvalue weighted by Crippen LogP contribution is -2.26. The molecule has 2 aromatic rings. The van der Waals surface area contributed by atoms with E-state index in [1.165, 1.54) is 0 Å². The highest BCUT2D eigenvalue weighted by molar-refractivity contribution is 5.64. The van der Waals surface area contributed by atoms with Crippen LogP contribution in [0.1, 0.15) is 11.1 Å². The minimum atomic E-state index is -1.06. The summed E-state index contributed by atoms with van der Waals surface area (Å²) in [6.07, 6.45) is 2.42. The number of nitrogen functional groups attached to an aromatic ring is 1. The second-order valence-corrected chi connectivity index (χ2v) is 4.53. The summed E-state index contributed by atoms with van der Waals surface area (Å²) in [5.74, 6) is 1.20. The van der Waals surface area contributed by atoms with E-state index in [2.05, 4.69) is 10.3 Å². The zero-order valence-electron chi connectivity index (χ0n) is 11.7. The molecule has 1 heterocycles. The van der Waals surface area contributed by atoms with Crippen molar-refractivity contribution in [2.45, 2.75) is 13.5 Å². The summed E-state index contributed by atoms with van der Waals surface area (Å²) in [4.78, 5) is 14.3. The molecule has 0 unspecified atom stereocenters. The van der Waals surface area contributed by atoms with Gasteiger partial charge in [0.05, 0.1) is 13.1 Å². The molecular weight excluding hydrogens is 272 g/mol. The number of hydrogen-bond donors (Lipinski definition) is 3. The summed E-state index contributed by atoms with van der Waals surface area (Å²) in [7, 11) is 0. The Kier molecular flexibility index (Phi) is 4.65. The first kappa shape index (κ1) is 14.7. The Balaban J connectivity index is 2.02. The van der Waals surface area contributed by atoms with Crippen LogP contribution in [-0.4, -0.2) is 33.9 Å². The number of nitrogens with one attached hydrogen (secondary N) is 1. The topological polar surface area (TPSA) is 102 Å². The molecule has 7 heteroatoms. The van der Waals surface area contributed by atoms with E-state index in [9.17, 15) is 4.79 Å². The van der Waals surface area contributed by atoms with Crippen LogP contribution in [0.15, 0.2) is 30.6 Å². The van der Waals surface area contributed by atoms with Crippen molar-refractivity contribution in [2.75, 3.05) is 18.9 Å². The highest BCUT2D eigenvalue weighted by Gasteiger charge is 2.07. The molecule has 2 rings (SSSR count). The molecule has 0 aliphatic heterocycles. The van der Waals surface area contributed by atoms with Gasteiger partial charge in [-0.1, -0.05) is 12.1 Å².